The van der Waals surface area contributed by atoms with Gasteiger partial charge in [0.15, 0.2) is 6.29 Å². The number of thiophene rings is 1. The van der Waals surface area contributed by atoms with Gasteiger partial charge in [-0.3, -0.25) is 9.78 Å². The van der Waals surface area contributed by atoms with Crippen LogP contribution in [0.15, 0.2) is 35.7 Å². The second-order valence-electron chi connectivity index (χ2n) is 7.54. The third kappa shape index (κ3) is 2.95. The minimum Gasteiger partial charge on any atom is -0.386 e. The number of nitrogens with two attached hydrogens (primary N) is 1. The number of rotatable bonds is 6. The zero-order valence-electron chi connectivity index (χ0n) is 16.5. The largest absolute Gasteiger partial charge is 0.386 e. The maximum Gasteiger partial charge on any atom is 0.160 e. The Hall–Kier alpha value is -2.50. The minimum atomic E-state index is 0.177. The molecule has 1 aromatic carbocycles. The lowest BCUT2D eigenvalue weighted by molar-refractivity contribution is 0.112. The van der Waals surface area contributed by atoms with Crippen molar-refractivity contribution < 1.29 is 4.79 Å². The molecule has 1 aliphatic rings. The van der Waals surface area contributed by atoms with E-state index in [1.54, 1.807) is 0 Å². The number of hydrogen-bond acceptors (Lipinski definition) is 5. The Bertz CT molecular complexity index is 1030. The summed E-state index contributed by atoms with van der Waals surface area (Å²) in [7, 11) is 1.90. The fourth-order valence-electron chi connectivity index (χ4n) is 4.15. The quantitative estimate of drug-likeness (QED) is 0.584. The van der Waals surface area contributed by atoms with Crippen LogP contribution in [-0.4, -0.2) is 24.9 Å². The summed E-state index contributed by atoms with van der Waals surface area (Å²) in [6.07, 6.45) is 3.27. The van der Waals surface area contributed by atoms with Crippen molar-refractivity contribution in [3.8, 4) is 22.3 Å². The molecule has 4 rings (SSSR count). The molecule has 0 spiro atoms. The van der Waals surface area contributed by atoms with E-state index in [4.69, 9.17) is 10.7 Å². The zero-order valence-corrected chi connectivity index (χ0v) is 17.3. The van der Waals surface area contributed by atoms with E-state index in [2.05, 4.69) is 29.6 Å². The van der Waals surface area contributed by atoms with Crippen LogP contribution in [0.3, 0.4) is 0 Å². The molecule has 1 saturated carbocycles. The van der Waals surface area contributed by atoms with E-state index in [1.807, 2.05) is 32.3 Å². The first-order chi connectivity index (χ1) is 13.5. The molecule has 0 saturated heterocycles. The van der Waals surface area contributed by atoms with Gasteiger partial charge in [0.1, 0.15) is 0 Å². The highest BCUT2D eigenvalue weighted by Gasteiger charge is 2.42. The van der Waals surface area contributed by atoms with Crippen molar-refractivity contribution in [2.24, 2.45) is 5.73 Å². The lowest BCUT2D eigenvalue weighted by Gasteiger charge is -2.20. The van der Waals surface area contributed by atoms with Crippen LogP contribution in [0, 0.1) is 13.8 Å². The summed E-state index contributed by atoms with van der Waals surface area (Å²) < 4.78 is 0. The van der Waals surface area contributed by atoms with Gasteiger partial charge in [0.25, 0.3) is 0 Å². The van der Waals surface area contributed by atoms with Gasteiger partial charge in [-0.1, -0.05) is 24.3 Å². The van der Waals surface area contributed by atoms with E-state index >= 15 is 0 Å². The average molecular weight is 392 g/mol. The number of benzene rings is 1. The molecule has 2 heterocycles. The van der Waals surface area contributed by atoms with Gasteiger partial charge >= 0.3 is 0 Å². The van der Waals surface area contributed by atoms with Crippen molar-refractivity contribution in [3.05, 3.63) is 57.5 Å². The van der Waals surface area contributed by atoms with Gasteiger partial charge < -0.3 is 11.1 Å². The first-order valence-electron chi connectivity index (χ1n) is 9.57. The predicted molar refractivity (Wildman–Crippen MR) is 117 cm³/mol. The number of nitrogens with one attached hydrogen (secondary N) is 1. The third-order valence-electron chi connectivity index (χ3n) is 5.91. The van der Waals surface area contributed by atoms with Gasteiger partial charge in [0, 0.05) is 41.4 Å². The lowest BCUT2D eigenvalue weighted by atomic mass is 9.89. The number of aryl methyl sites for hydroxylation is 2. The maximum absolute atomic E-state index is 11.6. The number of carbonyl (C=O) groups excluding carboxylic acids is 1. The molecular formula is C23H25N3OS. The molecule has 1 aliphatic carbocycles. The van der Waals surface area contributed by atoms with Crippen molar-refractivity contribution in [2.75, 3.05) is 18.9 Å². The van der Waals surface area contributed by atoms with Gasteiger partial charge in [-0.2, -0.15) is 0 Å². The summed E-state index contributed by atoms with van der Waals surface area (Å²) in [5.41, 5.74) is 14.5. The molecule has 1 fully saturated rings. The highest BCUT2D eigenvalue weighted by atomic mass is 32.1. The van der Waals surface area contributed by atoms with Crippen LogP contribution in [0.2, 0.25) is 0 Å². The summed E-state index contributed by atoms with van der Waals surface area (Å²) in [5.74, 6) is 0. The molecule has 3 aromatic rings. The van der Waals surface area contributed by atoms with Gasteiger partial charge in [-0.15, -0.1) is 11.3 Å². The highest BCUT2D eigenvalue weighted by Crippen LogP contribution is 2.48. The minimum absolute atomic E-state index is 0.177. The van der Waals surface area contributed by atoms with Gasteiger partial charge in [0.05, 0.1) is 16.3 Å². The third-order valence-corrected chi connectivity index (χ3v) is 6.75. The topological polar surface area (TPSA) is 68.0 Å². The smallest absolute Gasteiger partial charge is 0.160 e. The van der Waals surface area contributed by atoms with Gasteiger partial charge in [-0.25, -0.2) is 0 Å². The van der Waals surface area contributed by atoms with Crippen molar-refractivity contribution in [1.29, 1.82) is 0 Å². The van der Waals surface area contributed by atoms with E-state index in [1.165, 1.54) is 29.7 Å². The van der Waals surface area contributed by atoms with Crippen LogP contribution in [0.4, 0.5) is 5.69 Å². The molecule has 0 amide bonds. The van der Waals surface area contributed by atoms with E-state index in [-0.39, 0.29) is 5.41 Å². The lowest BCUT2D eigenvalue weighted by Crippen LogP contribution is -2.19. The number of pyridine rings is 1. The van der Waals surface area contributed by atoms with Crippen LogP contribution in [0.25, 0.3) is 22.3 Å². The molecule has 2 aromatic heterocycles. The fraction of sp³-hybridized carbons (Fsp3) is 0.304. The van der Waals surface area contributed by atoms with Gasteiger partial charge in [-0.05, 0) is 49.3 Å². The first-order valence-corrected chi connectivity index (χ1v) is 10.5. The Morgan fingerprint density at radius 3 is 2.43 bits per heavy atom. The summed E-state index contributed by atoms with van der Waals surface area (Å²) >= 11 is 1.47. The number of aromatic nitrogens is 1. The Kier molecular flexibility index (Phi) is 4.81. The monoisotopic (exact) mass is 391 g/mol. The molecule has 0 bridgehead atoms. The molecule has 4 nitrogen and oxygen atoms in total. The number of anilines is 1. The molecule has 0 radical (unpaired) electrons. The molecule has 0 atom stereocenters. The first kappa shape index (κ1) is 18.8. The summed E-state index contributed by atoms with van der Waals surface area (Å²) in [4.78, 5) is 17.2. The second-order valence-corrected chi connectivity index (χ2v) is 8.48. The summed E-state index contributed by atoms with van der Waals surface area (Å²) in [5, 5.41) is 5.27. The standard InChI is InChI=1S/C23H25N3OS/c1-14-20(16-4-6-17(7-5-16)23(13-24)9-10-23)21(22(25-3)15(2)26-14)18-8-11-28-19(18)12-27/h4-8,11-12,25H,9-10,13,24H2,1-3H3. The molecule has 3 N–H and O–H groups in total. The van der Waals surface area contributed by atoms with Crippen molar-refractivity contribution in [2.45, 2.75) is 32.1 Å². The van der Waals surface area contributed by atoms with E-state index in [0.29, 0.717) is 6.54 Å². The Labute approximate surface area is 169 Å². The highest BCUT2D eigenvalue weighted by molar-refractivity contribution is 7.12. The van der Waals surface area contributed by atoms with Crippen molar-refractivity contribution in [3.63, 3.8) is 0 Å². The summed E-state index contributed by atoms with van der Waals surface area (Å²) in [6.45, 7) is 4.73. The van der Waals surface area contributed by atoms with Crippen LogP contribution in [-0.2, 0) is 5.41 Å². The maximum atomic E-state index is 11.6. The molecule has 0 unspecified atom stereocenters. The average Bonchev–Trinajstić information content (AvgIpc) is 3.37. The van der Waals surface area contributed by atoms with E-state index < -0.39 is 0 Å². The molecule has 5 heteroatoms. The molecule has 28 heavy (non-hydrogen) atoms. The molecular weight excluding hydrogens is 366 g/mol. The fourth-order valence-corrected chi connectivity index (χ4v) is 4.85. The number of aldehydes is 1. The van der Waals surface area contributed by atoms with Crippen LogP contribution >= 0.6 is 11.3 Å². The number of nitrogens with zero attached hydrogens (tertiary/aromatic N) is 1. The predicted octanol–water partition coefficient (Wildman–Crippen LogP) is 4.94. The number of hydrogen-bond donors (Lipinski definition) is 2. The van der Waals surface area contributed by atoms with Crippen molar-refractivity contribution >= 4 is 23.3 Å². The zero-order chi connectivity index (χ0) is 19.9. The van der Waals surface area contributed by atoms with Gasteiger partial charge in [0.2, 0.25) is 0 Å². The Balaban J connectivity index is 1.93. The normalized spacial score (nSPS) is 14.7. The Morgan fingerprint density at radius 1 is 1.14 bits per heavy atom. The van der Waals surface area contributed by atoms with Crippen LogP contribution in [0.1, 0.15) is 39.5 Å². The molecule has 0 aliphatic heterocycles. The van der Waals surface area contributed by atoms with Crippen LogP contribution < -0.4 is 11.1 Å². The number of carbonyl (C=O) groups is 1. The van der Waals surface area contributed by atoms with E-state index in [0.717, 1.165) is 50.5 Å². The van der Waals surface area contributed by atoms with Crippen LogP contribution in [0.5, 0.6) is 0 Å². The SMILES string of the molecule is CNc1c(C)nc(C)c(-c2ccc(C3(CN)CC3)cc2)c1-c1ccsc1C=O. The molecule has 144 valence electrons. The van der Waals surface area contributed by atoms with Crippen molar-refractivity contribution in [1.82, 2.24) is 4.98 Å². The van der Waals surface area contributed by atoms with E-state index in [9.17, 15) is 4.79 Å². The second kappa shape index (κ2) is 7.15. The summed E-state index contributed by atoms with van der Waals surface area (Å²) in [6, 6.07) is 10.8. The Morgan fingerprint density at radius 2 is 1.86 bits per heavy atom.